The van der Waals surface area contributed by atoms with Gasteiger partial charge in [0.05, 0.1) is 0 Å². The smallest absolute Gasteiger partial charge is 0.0366 e. The SMILES string of the molecule is CCC(N)CN(C)c1cccc(C)c1. The maximum absolute atomic E-state index is 5.91. The van der Waals surface area contributed by atoms with Gasteiger partial charge in [-0.3, -0.25) is 0 Å². The second-order valence-corrected chi connectivity index (χ2v) is 3.89. The summed E-state index contributed by atoms with van der Waals surface area (Å²) in [6.45, 7) is 5.14. The van der Waals surface area contributed by atoms with Crippen LogP contribution < -0.4 is 10.6 Å². The van der Waals surface area contributed by atoms with Crippen LogP contribution in [0.5, 0.6) is 0 Å². The van der Waals surface area contributed by atoms with Gasteiger partial charge >= 0.3 is 0 Å². The van der Waals surface area contributed by atoms with Crippen LogP contribution >= 0.6 is 0 Å². The lowest BCUT2D eigenvalue weighted by atomic mass is 10.2. The molecule has 0 bridgehead atoms. The quantitative estimate of drug-likeness (QED) is 0.792. The van der Waals surface area contributed by atoms with Gasteiger partial charge < -0.3 is 10.6 Å². The predicted molar refractivity (Wildman–Crippen MR) is 62.7 cm³/mol. The van der Waals surface area contributed by atoms with E-state index in [1.807, 2.05) is 0 Å². The fourth-order valence-corrected chi connectivity index (χ4v) is 1.45. The van der Waals surface area contributed by atoms with E-state index in [4.69, 9.17) is 5.73 Å². The molecule has 0 spiro atoms. The number of likely N-dealkylation sites (N-methyl/N-ethyl adjacent to an activating group) is 1. The first-order valence-electron chi connectivity index (χ1n) is 5.17. The van der Waals surface area contributed by atoms with Gasteiger partial charge in [-0.05, 0) is 31.0 Å². The van der Waals surface area contributed by atoms with Crippen molar-refractivity contribution in [3.8, 4) is 0 Å². The molecule has 78 valence electrons. The number of benzene rings is 1. The highest BCUT2D eigenvalue weighted by molar-refractivity contribution is 5.47. The zero-order valence-electron chi connectivity index (χ0n) is 9.33. The average molecular weight is 192 g/mol. The average Bonchev–Trinajstić information content (AvgIpc) is 2.17. The second-order valence-electron chi connectivity index (χ2n) is 3.89. The largest absolute Gasteiger partial charge is 0.373 e. The molecular formula is C12H20N2. The number of anilines is 1. The van der Waals surface area contributed by atoms with Crippen molar-refractivity contribution < 1.29 is 0 Å². The first kappa shape index (κ1) is 11.1. The van der Waals surface area contributed by atoms with Crippen molar-refractivity contribution in [2.45, 2.75) is 26.3 Å². The van der Waals surface area contributed by atoms with Gasteiger partial charge in [-0.2, -0.15) is 0 Å². The van der Waals surface area contributed by atoms with Crippen LogP contribution in [0.15, 0.2) is 24.3 Å². The van der Waals surface area contributed by atoms with E-state index in [2.05, 4.69) is 50.1 Å². The predicted octanol–water partition coefficient (Wildman–Crippen LogP) is 2.17. The van der Waals surface area contributed by atoms with Crippen LogP contribution in [-0.2, 0) is 0 Å². The molecule has 0 saturated carbocycles. The standard InChI is InChI=1S/C12H20N2/c1-4-11(13)9-14(3)12-7-5-6-10(2)8-12/h5-8,11H,4,9,13H2,1-3H3. The summed E-state index contributed by atoms with van der Waals surface area (Å²) >= 11 is 0. The summed E-state index contributed by atoms with van der Waals surface area (Å²) in [7, 11) is 2.09. The lowest BCUT2D eigenvalue weighted by Crippen LogP contribution is -2.34. The van der Waals surface area contributed by atoms with E-state index in [1.54, 1.807) is 0 Å². The van der Waals surface area contributed by atoms with Gasteiger partial charge in [0.1, 0.15) is 0 Å². The Labute approximate surface area is 86.7 Å². The van der Waals surface area contributed by atoms with E-state index in [1.165, 1.54) is 11.3 Å². The maximum Gasteiger partial charge on any atom is 0.0366 e. The number of hydrogen-bond donors (Lipinski definition) is 1. The molecular weight excluding hydrogens is 172 g/mol. The topological polar surface area (TPSA) is 29.3 Å². The molecule has 0 radical (unpaired) electrons. The molecule has 0 aliphatic rings. The van der Waals surface area contributed by atoms with Crippen LogP contribution in [0.3, 0.4) is 0 Å². The zero-order chi connectivity index (χ0) is 10.6. The monoisotopic (exact) mass is 192 g/mol. The summed E-state index contributed by atoms with van der Waals surface area (Å²) in [5.74, 6) is 0. The first-order chi connectivity index (χ1) is 6.63. The van der Waals surface area contributed by atoms with Gasteiger partial charge in [0.2, 0.25) is 0 Å². The molecule has 0 aliphatic heterocycles. The Morgan fingerprint density at radius 2 is 2.14 bits per heavy atom. The Balaban J connectivity index is 2.64. The molecule has 1 atom stereocenters. The van der Waals surface area contributed by atoms with Crippen molar-refractivity contribution in [2.24, 2.45) is 5.73 Å². The van der Waals surface area contributed by atoms with E-state index < -0.39 is 0 Å². The summed E-state index contributed by atoms with van der Waals surface area (Å²) < 4.78 is 0. The van der Waals surface area contributed by atoms with Gasteiger partial charge in [0.15, 0.2) is 0 Å². The third-order valence-corrected chi connectivity index (χ3v) is 2.48. The minimum atomic E-state index is 0.264. The molecule has 14 heavy (non-hydrogen) atoms. The highest BCUT2D eigenvalue weighted by atomic mass is 15.1. The van der Waals surface area contributed by atoms with Crippen LogP contribution in [0.1, 0.15) is 18.9 Å². The minimum absolute atomic E-state index is 0.264. The lowest BCUT2D eigenvalue weighted by Gasteiger charge is -2.22. The molecule has 0 aliphatic carbocycles. The van der Waals surface area contributed by atoms with Crippen molar-refractivity contribution in [3.63, 3.8) is 0 Å². The molecule has 0 saturated heterocycles. The lowest BCUT2D eigenvalue weighted by molar-refractivity contribution is 0.639. The molecule has 1 rings (SSSR count). The fourth-order valence-electron chi connectivity index (χ4n) is 1.45. The van der Waals surface area contributed by atoms with Crippen LogP contribution in [0.2, 0.25) is 0 Å². The molecule has 0 fully saturated rings. The van der Waals surface area contributed by atoms with Gasteiger partial charge in [-0.1, -0.05) is 19.1 Å². The third-order valence-electron chi connectivity index (χ3n) is 2.48. The maximum atomic E-state index is 5.91. The molecule has 2 N–H and O–H groups in total. The molecule has 1 aromatic rings. The molecule has 0 aromatic heterocycles. The molecule has 1 aromatic carbocycles. The van der Waals surface area contributed by atoms with Gasteiger partial charge in [-0.15, -0.1) is 0 Å². The van der Waals surface area contributed by atoms with Crippen molar-refractivity contribution in [1.82, 2.24) is 0 Å². The second kappa shape index (κ2) is 5.01. The Bertz CT molecular complexity index is 283. The summed E-state index contributed by atoms with van der Waals surface area (Å²) in [6, 6.07) is 8.76. The Morgan fingerprint density at radius 3 is 2.71 bits per heavy atom. The Kier molecular flexibility index (Phi) is 3.96. The van der Waals surface area contributed by atoms with Crippen LogP contribution in [-0.4, -0.2) is 19.6 Å². The Morgan fingerprint density at radius 1 is 1.43 bits per heavy atom. The molecule has 0 heterocycles. The van der Waals surface area contributed by atoms with Gasteiger partial charge in [-0.25, -0.2) is 0 Å². The van der Waals surface area contributed by atoms with Crippen molar-refractivity contribution >= 4 is 5.69 Å². The normalized spacial score (nSPS) is 12.6. The van der Waals surface area contributed by atoms with Crippen LogP contribution in [0, 0.1) is 6.92 Å². The molecule has 0 amide bonds. The van der Waals surface area contributed by atoms with E-state index >= 15 is 0 Å². The first-order valence-corrected chi connectivity index (χ1v) is 5.17. The third kappa shape index (κ3) is 3.04. The summed E-state index contributed by atoms with van der Waals surface area (Å²) in [5, 5.41) is 0. The number of nitrogens with zero attached hydrogens (tertiary/aromatic N) is 1. The van der Waals surface area contributed by atoms with E-state index in [0.29, 0.717) is 0 Å². The summed E-state index contributed by atoms with van der Waals surface area (Å²) in [5.41, 5.74) is 8.44. The highest BCUT2D eigenvalue weighted by Gasteiger charge is 2.05. The minimum Gasteiger partial charge on any atom is -0.373 e. The van der Waals surface area contributed by atoms with Gasteiger partial charge in [0, 0.05) is 25.3 Å². The molecule has 1 unspecified atom stereocenters. The number of hydrogen-bond acceptors (Lipinski definition) is 2. The highest BCUT2D eigenvalue weighted by Crippen LogP contribution is 2.14. The van der Waals surface area contributed by atoms with Crippen molar-refractivity contribution in [3.05, 3.63) is 29.8 Å². The summed E-state index contributed by atoms with van der Waals surface area (Å²) in [6.07, 6.45) is 1.02. The van der Waals surface area contributed by atoms with Crippen molar-refractivity contribution in [2.75, 3.05) is 18.5 Å². The van der Waals surface area contributed by atoms with E-state index in [9.17, 15) is 0 Å². The van der Waals surface area contributed by atoms with Crippen LogP contribution in [0.25, 0.3) is 0 Å². The van der Waals surface area contributed by atoms with E-state index in [-0.39, 0.29) is 6.04 Å². The van der Waals surface area contributed by atoms with E-state index in [0.717, 1.165) is 13.0 Å². The number of nitrogens with two attached hydrogens (primary N) is 1. The summed E-state index contributed by atoms with van der Waals surface area (Å²) in [4.78, 5) is 2.21. The Hall–Kier alpha value is -1.02. The van der Waals surface area contributed by atoms with Crippen LogP contribution in [0.4, 0.5) is 5.69 Å². The van der Waals surface area contributed by atoms with Crippen molar-refractivity contribution in [1.29, 1.82) is 0 Å². The van der Waals surface area contributed by atoms with Gasteiger partial charge in [0.25, 0.3) is 0 Å². The molecule has 2 heteroatoms. The number of aryl methyl sites for hydroxylation is 1. The zero-order valence-corrected chi connectivity index (χ0v) is 9.33. The number of rotatable bonds is 4. The fraction of sp³-hybridized carbons (Fsp3) is 0.500. The molecule has 2 nitrogen and oxygen atoms in total.